The van der Waals surface area contributed by atoms with E-state index in [-0.39, 0.29) is 23.8 Å². The Bertz CT molecular complexity index is 1900. The van der Waals surface area contributed by atoms with Gasteiger partial charge in [-0.25, -0.2) is 19.4 Å². The van der Waals surface area contributed by atoms with Crippen molar-refractivity contribution in [1.82, 2.24) is 39.8 Å². The van der Waals surface area contributed by atoms with Crippen molar-refractivity contribution in [2.24, 2.45) is 5.41 Å². The van der Waals surface area contributed by atoms with Crippen LogP contribution in [0, 0.1) is 5.41 Å². The summed E-state index contributed by atoms with van der Waals surface area (Å²) in [5, 5.41) is 12.9. The monoisotopic (exact) mass is 712 g/mol. The average molecular weight is 713 g/mol. The van der Waals surface area contributed by atoms with Crippen LogP contribution in [0.5, 0.6) is 0 Å². The summed E-state index contributed by atoms with van der Waals surface area (Å²) in [4.78, 5) is 32.8. The molecular weight excluding hydrogens is 660 g/mol. The molecule has 4 aromatic heterocycles. The summed E-state index contributed by atoms with van der Waals surface area (Å²) < 4.78 is 22.0. The Morgan fingerprint density at radius 3 is 2.69 bits per heavy atom. The molecule has 0 bridgehead atoms. The number of pyridine rings is 1. The summed E-state index contributed by atoms with van der Waals surface area (Å²) in [6.07, 6.45) is 12.8. The number of piperidine rings is 1. The highest BCUT2D eigenvalue weighted by Gasteiger charge is 2.50. The van der Waals surface area contributed by atoms with Gasteiger partial charge in [0.1, 0.15) is 11.4 Å². The second kappa shape index (κ2) is 13.9. The minimum atomic E-state index is -0.562. The maximum absolute atomic E-state index is 12.8. The molecule has 1 unspecified atom stereocenters. The number of anilines is 3. The first kappa shape index (κ1) is 34.8. The molecule has 8 rings (SSSR count). The first-order chi connectivity index (χ1) is 25.1. The van der Waals surface area contributed by atoms with Gasteiger partial charge in [0.05, 0.1) is 48.2 Å². The number of rotatable bonds is 7. The van der Waals surface area contributed by atoms with E-state index in [1.165, 1.54) is 0 Å². The Hall–Kier alpha value is -4.30. The molecule has 4 aliphatic rings. The lowest BCUT2D eigenvalue weighted by Crippen LogP contribution is -2.55. The zero-order valence-corrected chi connectivity index (χ0v) is 31.2. The van der Waals surface area contributed by atoms with Gasteiger partial charge in [0.15, 0.2) is 23.2 Å². The Morgan fingerprint density at radius 2 is 1.92 bits per heavy atom. The quantitative estimate of drug-likeness (QED) is 0.235. The van der Waals surface area contributed by atoms with E-state index in [0.29, 0.717) is 13.2 Å². The van der Waals surface area contributed by atoms with Gasteiger partial charge in [0.2, 0.25) is 0 Å². The fraction of sp³-hybridized carbons (Fsp3) is 0.632. The van der Waals surface area contributed by atoms with Gasteiger partial charge in [0.25, 0.3) is 0 Å². The van der Waals surface area contributed by atoms with Crippen LogP contribution < -0.4 is 15.1 Å². The molecule has 0 aromatic carbocycles. The molecule has 0 saturated carbocycles. The summed E-state index contributed by atoms with van der Waals surface area (Å²) in [7, 11) is 0. The van der Waals surface area contributed by atoms with E-state index >= 15 is 0 Å². The lowest BCUT2D eigenvalue weighted by molar-refractivity contribution is -0.0368. The molecule has 14 nitrogen and oxygen atoms in total. The van der Waals surface area contributed by atoms with Crippen LogP contribution in [0.25, 0.3) is 22.4 Å². The summed E-state index contributed by atoms with van der Waals surface area (Å²) in [6, 6.07) is 4.13. The van der Waals surface area contributed by atoms with Crippen molar-refractivity contribution < 1.29 is 19.0 Å². The van der Waals surface area contributed by atoms with Gasteiger partial charge in [-0.1, -0.05) is 6.92 Å². The van der Waals surface area contributed by atoms with E-state index in [1.807, 2.05) is 49.5 Å². The van der Waals surface area contributed by atoms with Crippen molar-refractivity contribution in [3.05, 3.63) is 36.4 Å². The van der Waals surface area contributed by atoms with Crippen molar-refractivity contribution in [3.8, 4) is 11.3 Å². The third kappa shape index (κ3) is 6.70. The summed E-state index contributed by atoms with van der Waals surface area (Å²) >= 11 is 0. The number of hydrogen-bond donors (Lipinski definition) is 1. The number of aromatic nitrogens is 7. The molecule has 3 saturated heterocycles. The highest BCUT2D eigenvalue weighted by atomic mass is 16.6. The van der Waals surface area contributed by atoms with Crippen LogP contribution in [0.3, 0.4) is 0 Å². The van der Waals surface area contributed by atoms with Crippen LogP contribution in [0.1, 0.15) is 91.5 Å². The average Bonchev–Trinajstić information content (AvgIpc) is 3.84. The van der Waals surface area contributed by atoms with Gasteiger partial charge in [-0.3, -0.25) is 9.67 Å². The van der Waals surface area contributed by atoms with Crippen molar-refractivity contribution in [3.63, 3.8) is 0 Å². The summed E-state index contributed by atoms with van der Waals surface area (Å²) in [5.41, 5.74) is 4.86. The number of amides is 1. The molecule has 0 aliphatic carbocycles. The minimum Gasteiger partial charge on any atom is -0.444 e. The first-order valence-corrected chi connectivity index (χ1v) is 19.1. The molecule has 8 heterocycles. The number of nitrogens with zero attached hydrogens (tertiary/aromatic N) is 9. The van der Waals surface area contributed by atoms with E-state index in [0.717, 1.165) is 123 Å². The standard InChI is InChI=1S/C38H52N10O4/c1-6-16-46-23-26(21-40-46)27-12-13-29-28(41-27)10-9-17-47(29)35-32-34(48(44-35)31-11-7-8-20-50-31)42-30(22-39-32)45-18-14-38(15-19-45)24-51-25(2)33(38)43-36(49)52-37(3,4)5/h12-13,21-23,25,31,33H,6-11,14-20,24H2,1-5H3,(H,43,49)/t25-,31?,33+/m0/s1. The molecular formula is C38H52N10O4. The number of nitrogens with one attached hydrogen (secondary N) is 1. The number of ether oxygens (including phenoxy) is 3. The number of carbonyl (C=O) groups is 1. The second-order valence-corrected chi connectivity index (χ2v) is 15.9. The number of hydrogen-bond acceptors (Lipinski definition) is 11. The largest absolute Gasteiger partial charge is 0.444 e. The van der Waals surface area contributed by atoms with Gasteiger partial charge in [-0.2, -0.15) is 5.10 Å². The molecule has 3 atom stereocenters. The molecule has 0 radical (unpaired) electrons. The molecule has 1 amide bonds. The van der Waals surface area contributed by atoms with Gasteiger partial charge >= 0.3 is 6.09 Å². The topological polar surface area (TPSA) is 138 Å². The predicted molar refractivity (Wildman–Crippen MR) is 198 cm³/mol. The number of alkyl carbamates (subject to hydrolysis) is 1. The van der Waals surface area contributed by atoms with Crippen LogP contribution in [-0.2, 0) is 27.2 Å². The third-order valence-electron chi connectivity index (χ3n) is 11.0. The van der Waals surface area contributed by atoms with Crippen LogP contribution in [0.4, 0.5) is 22.1 Å². The Morgan fingerprint density at radius 1 is 1.08 bits per heavy atom. The SMILES string of the molecule is CCCn1cc(-c2ccc3c(n2)CCCN3c2nn(C3CCCCO3)c3nc(N4CCC5(CC4)CO[C@@H](C)[C@H]5NC(=O)OC(C)(C)C)cnc23)cn1. The van der Waals surface area contributed by atoms with Gasteiger partial charge in [0, 0.05) is 50.0 Å². The smallest absolute Gasteiger partial charge is 0.407 e. The molecule has 14 heteroatoms. The van der Waals surface area contributed by atoms with E-state index in [4.69, 9.17) is 34.3 Å². The van der Waals surface area contributed by atoms with Crippen LogP contribution in [0.15, 0.2) is 30.7 Å². The molecule has 1 spiro atoms. The number of carbonyl (C=O) groups excluding carboxylic acids is 1. The molecule has 1 N–H and O–H groups in total. The van der Waals surface area contributed by atoms with Crippen molar-refractivity contribution in [2.75, 3.05) is 42.6 Å². The van der Waals surface area contributed by atoms with E-state index in [9.17, 15) is 4.79 Å². The van der Waals surface area contributed by atoms with Crippen LogP contribution in [-0.4, -0.2) is 91.2 Å². The highest BCUT2D eigenvalue weighted by Crippen LogP contribution is 2.44. The second-order valence-electron chi connectivity index (χ2n) is 15.9. The van der Waals surface area contributed by atoms with Gasteiger partial charge in [-0.05, 0) is 91.2 Å². The maximum atomic E-state index is 12.8. The highest BCUT2D eigenvalue weighted by molar-refractivity contribution is 5.88. The zero-order valence-electron chi connectivity index (χ0n) is 31.2. The third-order valence-corrected chi connectivity index (χ3v) is 11.0. The van der Waals surface area contributed by atoms with E-state index < -0.39 is 11.7 Å². The van der Waals surface area contributed by atoms with E-state index in [2.05, 4.69) is 45.5 Å². The van der Waals surface area contributed by atoms with Gasteiger partial charge in [-0.15, -0.1) is 5.10 Å². The maximum Gasteiger partial charge on any atom is 0.407 e. The van der Waals surface area contributed by atoms with Crippen molar-refractivity contribution in [2.45, 2.75) is 117 Å². The Labute approximate surface area is 305 Å². The fourth-order valence-corrected chi connectivity index (χ4v) is 8.34. The lowest BCUT2D eigenvalue weighted by atomic mass is 9.73. The molecule has 4 aliphatic heterocycles. The molecule has 278 valence electrons. The summed E-state index contributed by atoms with van der Waals surface area (Å²) in [5.74, 6) is 1.61. The number of fused-ring (bicyclic) bond motifs is 2. The van der Waals surface area contributed by atoms with E-state index in [1.54, 1.807) is 0 Å². The van der Waals surface area contributed by atoms with Crippen molar-refractivity contribution in [1.29, 1.82) is 0 Å². The fourth-order valence-electron chi connectivity index (χ4n) is 8.34. The lowest BCUT2D eigenvalue weighted by Gasteiger charge is -2.42. The summed E-state index contributed by atoms with van der Waals surface area (Å²) in [6.45, 7) is 14.4. The molecule has 52 heavy (non-hydrogen) atoms. The van der Waals surface area contributed by atoms with Crippen LogP contribution in [0.2, 0.25) is 0 Å². The first-order valence-electron chi connectivity index (χ1n) is 19.1. The van der Waals surface area contributed by atoms with Crippen molar-refractivity contribution >= 4 is 34.6 Å². The van der Waals surface area contributed by atoms with Crippen LogP contribution >= 0.6 is 0 Å². The predicted octanol–water partition coefficient (Wildman–Crippen LogP) is 6.18. The Balaban J connectivity index is 1.07. The Kier molecular flexibility index (Phi) is 9.31. The molecule has 3 fully saturated rings. The van der Waals surface area contributed by atoms with Gasteiger partial charge < -0.3 is 29.3 Å². The normalized spacial score (nSPS) is 23.3. The zero-order chi connectivity index (χ0) is 36.0. The minimum absolute atomic E-state index is 0.0926. The molecule has 4 aromatic rings. The number of aryl methyl sites for hydroxylation is 2.